The van der Waals surface area contributed by atoms with Gasteiger partial charge in [0, 0.05) is 36.8 Å². The first-order valence-electron chi connectivity index (χ1n) is 10.4. The molecule has 1 aliphatic rings. The van der Waals surface area contributed by atoms with Gasteiger partial charge in [0.1, 0.15) is 0 Å². The fraction of sp³-hybridized carbons (Fsp3) is 0.250. The molecule has 0 aliphatic carbocycles. The molecule has 4 aromatic rings. The van der Waals surface area contributed by atoms with Crippen LogP contribution in [0, 0.1) is 6.92 Å². The number of carbonyl (C=O) groups excluding carboxylic acids is 1. The lowest BCUT2D eigenvalue weighted by molar-refractivity contribution is 0.0717. The fourth-order valence-corrected chi connectivity index (χ4v) is 4.72. The molecule has 0 radical (unpaired) electrons. The van der Waals surface area contributed by atoms with Gasteiger partial charge in [0.2, 0.25) is 0 Å². The Hall–Kier alpha value is -3.32. The van der Waals surface area contributed by atoms with Crippen molar-refractivity contribution in [3.05, 3.63) is 76.4 Å². The highest BCUT2D eigenvalue weighted by atomic mass is 32.1. The third-order valence-electron chi connectivity index (χ3n) is 5.64. The monoisotopic (exact) mass is 430 g/mol. The quantitative estimate of drug-likeness (QED) is 0.446. The average molecular weight is 431 g/mol. The first-order chi connectivity index (χ1) is 15.2. The first-order valence-corrected chi connectivity index (χ1v) is 11.3. The van der Waals surface area contributed by atoms with Crippen LogP contribution in [0.15, 0.2) is 64.6 Å². The molecule has 1 aliphatic heterocycles. The molecule has 4 heterocycles. The summed E-state index contributed by atoms with van der Waals surface area (Å²) in [4.78, 5) is 25.0. The molecular weight excluding hydrogens is 408 g/mol. The van der Waals surface area contributed by atoms with Gasteiger partial charge in [-0.2, -0.15) is 0 Å². The van der Waals surface area contributed by atoms with Crippen molar-refractivity contribution in [3.8, 4) is 22.7 Å². The minimum atomic E-state index is 0.118. The third-order valence-corrected chi connectivity index (χ3v) is 6.50. The standard InChI is InChI=1S/C24H22N4O2S/c1-16-14-20(30-27-16)19-15-25-23(18-6-3-2-4-7-18)26-22(19)17-9-11-28(12-10-17)24(29)21-8-5-13-31-21/h2-8,13-15,17H,9-12H2,1H3. The molecule has 5 rings (SSSR count). The van der Waals surface area contributed by atoms with Crippen LogP contribution >= 0.6 is 11.3 Å². The van der Waals surface area contributed by atoms with E-state index < -0.39 is 0 Å². The van der Waals surface area contributed by atoms with Gasteiger partial charge in [0.05, 0.1) is 21.8 Å². The normalized spacial score (nSPS) is 14.7. The molecule has 31 heavy (non-hydrogen) atoms. The molecule has 1 amide bonds. The number of rotatable bonds is 4. The van der Waals surface area contributed by atoms with Crippen LogP contribution in [0.1, 0.15) is 39.8 Å². The van der Waals surface area contributed by atoms with Gasteiger partial charge in [-0.25, -0.2) is 9.97 Å². The van der Waals surface area contributed by atoms with Gasteiger partial charge in [-0.3, -0.25) is 4.79 Å². The first kappa shape index (κ1) is 19.6. The van der Waals surface area contributed by atoms with Crippen molar-refractivity contribution in [1.29, 1.82) is 0 Å². The molecule has 7 heteroatoms. The van der Waals surface area contributed by atoms with Gasteiger partial charge in [0.25, 0.3) is 5.91 Å². The SMILES string of the molecule is Cc1cc(-c2cnc(-c3ccccc3)nc2C2CCN(C(=O)c3cccs3)CC2)on1. The summed E-state index contributed by atoms with van der Waals surface area (Å²) in [5.74, 6) is 1.72. The number of nitrogens with zero attached hydrogens (tertiary/aromatic N) is 4. The number of aromatic nitrogens is 3. The third kappa shape index (κ3) is 4.01. The molecule has 6 nitrogen and oxygen atoms in total. The van der Waals surface area contributed by atoms with Crippen molar-refractivity contribution in [2.45, 2.75) is 25.7 Å². The van der Waals surface area contributed by atoms with Gasteiger partial charge in [-0.05, 0) is 31.2 Å². The number of amides is 1. The Morgan fingerprint density at radius 2 is 1.94 bits per heavy atom. The van der Waals surface area contributed by atoms with Crippen molar-refractivity contribution >= 4 is 17.2 Å². The van der Waals surface area contributed by atoms with Crippen LogP contribution in [-0.4, -0.2) is 39.0 Å². The number of aryl methyl sites for hydroxylation is 1. The molecule has 0 saturated carbocycles. The van der Waals surface area contributed by atoms with Gasteiger partial charge in [-0.1, -0.05) is 41.6 Å². The Labute approximate surface area is 184 Å². The zero-order valence-corrected chi connectivity index (χ0v) is 18.0. The van der Waals surface area contributed by atoms with Crippen molar-refractivity contribution in [1.82, 2.24) is 20.0 Å². The van der Waals surface area contributed by atoms with Gasteiger partial charge in [0.15, 0.2) is 11.6 Å². The zero-order valence-electron chi connectivity index (χ0n) is 17.2. The average Bonchev–Trinajstić information content (AvgIpc) is 3.51. The van der Waals surface area contributed by atoms with E-state index in [1.165, 1.54) is 11.3 Å². The Balaban J connectivity index is 1.45. The Morgan fingerprint density at radius 1 is 1.13 bits per heavy atom. The Kier molecular flexibility index (Phi) is 5.34. The number of thiophene rings is 1. The van der Waals surface area contributed by atoms with Crippen molar-refractivity contribution in [2.24, 2.45) is 0 Å². The highest BCUT2D eigenvalue weighted by Crippen LogP contribution is 2.35. The smallest absolute Gasteiger partial charge is 0.263 e. The Bertz CT molecular complexity index is 1180. The summed E-state index contributed by atoms with van der Waals surface area (Å²) >= 11 is 1.49. The number of hydrogen-bond donors (Lipinski definition) is 0. The lowest BCUT2D eigenvalue weighted by atomic mass is 9.90. The molecule has 0 atom stereocenters. The predicted molar refractivity (Wildman–Crippen MR) is 120 cm³/mol. The van der Waals surface area contributed by atoms with Gasteiger partial charge in [-0.15, -0.1) is 11.3 Å². The molecular formula is C24H22N4O2S. The maximum atomic E-state index is 12.7. The molecule has 1 aromatic carbocycles. The second kappa shape index (κ2) is 8.43. The van der Waals surface area contributed by atoms with E-state index in [4.69, 9.17) is 9.51 Å². The van der Waals surface area contributed by atoms with E-state index in [1.54, 1.807) is 0 Å². The lowest BCUT2D eigenvalue weighted by Crippen LogP contribution is -2.37. The summed E-state index contributed by atoms with van der Waals surface area (Å²) in [5.41, 5.74) is 3.65. The van der Waals surface area contributed by atoms with E-state index in [9.17, 15) is 4.79 Å². The van der Waals surface area contributed by atoms with Crippen LogP contribution in [-0.2, 0) is 0 Å². The molecule has 0 spiro atoms. The molecule has 3 aromatic heterocycles. The maximum Gasteiger partial charge on any atom is 0.263 e. The zero-order chi connectivity index (χ0) is 21.2. The Morgan fingerprint density at radius 3 is 2.61 bits per heavy atom. The second-order valence-electron chi connectivity index (χ2n) is 7.73. The minimum Gasteiger partial charge on any atom is -0.356 e. The second-order valence-corrected chi connectivity index (χ2v) is 8.68. The van der Waals surface area contributed by atoms with E-state index in [-0.39, 0.29) is 11.8 Å². The van der Waals surface area contributed by atoms with E-state index in [0.29, 0.717) is 24.7 Å². The number of likely N-dealkylation sites (tertiary alicyclic amines) is 1. The topological polar surface area (TPSA) is 72.1 Å². The summed E-state index contributed by atoms with van der Waals surface area (Å²) in [7, 11) is 0. The fourth-order valence-electron chi connectivity index (χ4n) is 4.02. The number of piperidine rings is 1. The number of carbonyl (C=O) groups is 1. The highest BCUT2D eigenvalue weighted by molar-refractivity contribution is 7.12. The maximum absolute atomic E-state index is 12.7. The summed E-state index contributed by atoms with van der Waals surface area (Å²) in [6, 6.07) is 15.7. The van der Waals surface area contributed by atoms with Gasteiger partial charge < -0.3 is 9.42 Å². The molecule has 0 bridgehead atoms. The minimum absolute atomic E-state index is 0.118. The summed E-state index contributed by atoms with van der Waals surface area (Å²) < 4.78 is 5.54. The van der Waals surface area contributed by atoms with Crippen LogP contribution in [0.5, 0.6) is 0 Å². The highest BCUT2D eigenvalue weighted by Gasteiger charge is 2.29. The van der Waals surface area contributed by atoms with Gasteiger partial charge >= 0.3 is 0 Å². The van der Waals surface area contributed by atoms with Crippen molar-refractivity contribution in [2.75, 3.05) is 13.1 Å². The van der Waals surface area contributed by atoms with E-state index in [2.05, 4.69) is 10.1 Å². The number of benzene rings is 1. The van der Waals surface area contributed by atoms with Crippen molar-refractivity contribution in [3.63, 3.8) is 0 Å². The molecule has 156 valence electrons. The van der Waals surface area contributed by atoms with E-state index in [1.807, 2.05) is 71.9 Å². The van der Waals surface area contributed by atoms with Crippen molar-refractivity contribution < 1.29 is 9.32 Å². The summed E-state index contributed by atoms with van der Waals surface area (Å²) in [6.07, 6.45) is 3.54. The van der Waals surface area contributed by atoms with Crippen LogP contribution in [0.4, 0.5) is 0 Å². The molecule has 1 saturated heterocycles. The summed E-state index contributed by atoms with van der Waals surface area (Å²) in [6.45, 7) is 3.32. The van der Waals surface area contributed by atoms with E-state index >= 15 is 0 Å². The van der Waals surface area contributed by atoms with Crippen LogP contribution in [0.25, 0.3) is 22.7 Å². The van der Waals surface area contributed by atoms with Crippen LogP contribution < -0.4 is 0 Å². The van der Waals surface area contributed by atoms with Crippen LogP contribution in [0.2, 0.25) is 0 Å². The van der Waals surface area contributed by atoms with E-state index in [0.717, 1.165) is 40.2 Å². The molecule has 0 unspecified atom stereocenters. The molecule has 1 fully saturated rings. The van der Waals surface area contributed by atoms with Crippen LogP contribution in [0.3, 0.4) is 0 Å². The largest absolute Gasteiger partial charge is 0.356 e. The predicted octanol–water partition coefficient (Wildman–Crippen LogP) is 5.19. The molecule has 0 N–H and O–H groups in total. The lowest BCUT2D eigenvalue weighted by Gasteiger charge is -2.32. The number of hydrogen-bond acceptors (Lipinski definition) is 6. The summed E-state index contributed by atoms with van der Waals surface area (Å²) in [5, 5.41) is 5.98.